The largest absolute Gasteiger partial charge is 0.423 e. The average Bonchev–Trinajstić information content (AvgIpc) is 3.29. The van der Waals surface area contributed by atoms with Crippen LogP contribution in [0.2, 0.25) is 5.02 Å². The summed E-state index contributed by atoms with van der Waals surface area (Å²) in [7, 11) is 0. The van der Waals surface area contributed by atoms with Crippen molar-refractivity contribution in [3.05, 3.63) is 40.4 Å². The first-order valence-electron chi connectivity index (χ1n) is 10.2. The van der Waals surface area contributed by atoms with Crippen LogP contribution in [0.15, 0.2) is 22.6 Å². The van der Waals surface area contributed by atoms with Crippen LogP contribution in [0.5, 0.6) is 0 Å². The molecule has 1 amide bonds. The van der Waals surface area contributed by atoms with Crippen molar-refractivity contribution in [3.8, 4) is 0 Å². The van der Waals surface area contributed by atoms with E-state index in [-0.39, 0.29) is 5.91 Å². The van der Waals surface area contributed by atoms with Crippen molar-refractivity contribution in [2.75, 3.05) is 24.5 Å². The van der Waals surface area contributed by atoms with Gasteiger partial charge in [0.05, 0.1) is 17.9 Å². The number of halogens is 1. The third-order valence-electron chi connectivity index (χ3n) is 5.90. The maximum Gasteiger partial charge on any atom is 0.298 e. The average molecular weight is 414 g/mol. The predicted molar refractivity (Wildman–Crippen MR) is 111 cm³/mol. The third-order valence-corrected chi connectivity index (χ3v) is 6.13. The van der Waals surface area contributed by atoms with E-state index < -0.39 is 0 Å². The maximum atomic E-state index is 12.9. The van der Waals surface area contributed by atoms with Crippen molar-refractivity contribution >= 4 is 34.6 Å². The van der Waals surface area contributed by atoms with Gasteiger partial charge in [0.2, 0.25) is 5.91 Å². The minimum atomic E-state index is 0.221. The molecule has 3 aromatic rings. The standard InChI is InChI=1S/C21H24ClN5O2/c1-13-23-16-6-8-26(12-18(16)24-13)20(28)9-14-3-2-7-27(11-14)21-25-17-5-4-15(22)10-19(17)29-21/h4-5,10,14H,2-3,6-9,11-12H2,1H3,(H,23,24). The molecule has 0 spiro atoms. The minimum Gasteiger partial charge on any atom is -0.423 e. The molecule has 1 fully saturated rings. The molecule has 7 nitrogen and oxygen atoms in total. The highest BCUT2D eigenvalue weighted by Gasteiger charge is 2.29. The molecule has 1 N–H and O–H groups in total. The summed E-state index contributed by atoms with van der Waals surface area (Å²) in [5.74, 6) is 1.45. The molecule has 29 heavy (non-hydrogen) atoms. The van der Waals surface area contributed by atoms with Gasteiger partial charge < -0.3 is 19.2 Å². The number of aromatic nitrogens is 3. The Kier molecular flexibility index (Phi) is 4.70. The zero-order valence-electron chi connectivity index (χ0n) is 16.4. The highest BCUT2D eigenvalue weighted by molar-refractivity contribution is 6.31. The van der Waals surface area contributed by atoms with Crippen molar-refractivity contribution in [2.45, 2.75) is 39.2 Å². The lowest BCUT2D eigenvalue weighted by atomic mass is 9.94. The second-order valence-electron chi connectivity index (χ2n) is 8.08. The Bertz CT molecular complexity index is 1060. The molecule has 1 unspecified atom stereocenters. The molecule has 2 aromatic heterocycles. The number of hydrogen-bond donors (Lipinski definition) is 1. The van der Waals surface area contributed by atoms with Crippen LogP contribution in [0.25, 0.3) is 11.1 Å². The summed E-state index contributed by atoms with van der Waals surface area (Å²) in [4.78, 5) is 29.4. The molecule has 0 saturated carbocycles. The van der Waals surface area contributed by atoms with Crippen molar-refractivity contribution in [2.24, 2.45) is 5.92 Å². The molecule has 0 bridgehead atoms. The summed E-state index contributed by atoms with van der Waals surface area (Å²) >= 11 is 6.05. The topological polar surface area (TPSA) is 78.3 Å². The van der Waals surface area contributed by atoms with E-state index in [1.165, 1.54) is 0 Å². The lowest BCUT2D eigenvalue weighted by Gasteiger charge is -2.33. The van der Waals surface area contributed by atoms with Gasteiger partial charge in [-0.3, -0.25) is 4.79 Å². The zero-order chi connectivity index (χ0) is 20.0. The predicted octanol–water partition coefficient (Wildman–Crippen LogP) is 3.70. The Morgan fingerprint density at radius 2 is 2.24 bits per heavy atom. The smallest absolute Gasteiger partial charge is 0.298 e. The Morgan fingerprint density at radius 3 is 3.14 bits per heavy atom. The number of aromatic amines is 1. The lowest BCUT2D eigenvalue weighted by Crippen LogP contribution is -2.41. The molecule has 5 rings (SSSR count). The second kappa shape index (κ2) is 7.37. The number of benzene rings is 1. The Labute approximate surface area is 174 Å². The number of H-pyrrole nitrogens is 1. The van der Waals surface area contributed by atoms with E-state index in [0.717, 1.165) is 61.6 Å². The molecule has 1 atom stereocenters. The molecule has 0 radical (unpaired) electrons. The molecule has 1 saturated heterocycles. The second-order valence-corrected chi connectivity index (χ2v) is 8.52. The summed E-state index contributed by atoms with van der Waals surface area (Å²) < 4.78 is 5.92. The monoisotopic (exact) mass is 413 g/mol. The van der Waals surface area contributed by atoms with Crippen LogP contribution in [0.1, 0.15) is 36.5 Å². The van der Waals surface area contributed by atoms with Crippen LogP contribution >= 0.6 is 11.6 Å². The fourth-order valence-electron chi connectivity index (χ4n) is 4.45. The number of rotatable bonds is 3. The quantitative estimate of drug-likeness (QED) is 0.708. The van der Waals surface area contributed by atoms with Crippen molar-refractivity contribution in [1.82, 2.24) is 19.9 Å². The Hall–Kier alpha value is -2.54. The number of fused-ring (bicyclic) bond motifs is 2. The Morgan fingerprint density at radius 1 is 1.34 bits per heavy atom. The number of amides is 1. The number of anilines is 1. The van der Waals surface area contributed by atoms with Crippen LogP contribution in [0.4, 0.5) is 6.01 Å². The number of piperidine rings is 1. The van der Waals surface area contributed by atoms with Gasteiger partial charge >= 0.3 is 0 Å². The maximum absolute atomic E-state index is 12.9. The van der Waals surface area contributed by atoms with Gasteiger partial charge in [-0.15, -0.1) is 0 Å². The van der Waals surface area contributed by atoms with E-state index in [1.807, 2.05) is 24.0 Å². The molecular formula is C21H24ClN5O2. The van der Waals surface area contributed by atoms with Crippen LogP contribution in [-0.4, -0.2) is 45.4 Å². The number of hydrogen-bond acceptors (Lipinski definition) is 5. The van der Waals surface area contributed by atoms with E-state index in [2.05, 4.69) is 19.9 Å². The molecule has 8 heteroatoms. The lowest BCUT2D eigenvalue weighted by molar-refractivity contribution is -0.133. The zero-order valence-corrected chi connectivity index (χ0v) is 17.2. The molecule has 1 aromatic carbocycles. The van der Waals surface area contributed by atoms with Gasteiger partial charge in [0.1, 0.15) is 11.3 Å². The van der Waals surface area contributed by atoms with E-state index in [9.17, 15) is 4.79 Å². The first-order chi connectivity index (χ1) is 14.0. The highest BCUT2D eigenvalue weighted by Crippen LogP contribution is 2.29. The summed E-state index contributed by atoms with van der Waals surface area (Å²) in [6.45, 7) is 5.03. The van der Waals surface area contributed by atoms with Gasteiger partial charge in [-0.05, 0) is 37.8 Å². The SMILES string of the molecule is Cc1nc2c([nH]1)CN(C(=O)CC1CCCN(c3nc4ccc(Cl)cc4o3)C1)CC2. The number of carbonyl (C=O) groups is 1. The molecule has 0 aliphatic carbocycles. The van der Waals surface area contributed by atoms with Crippen LogP contribution < -0.4 is 4.90 Å². The van der Waals surface area contributed by atoms with Crippen LogP contribution in [-0.2, 0) is 17.8 Å². The van der Waals surface area contributed by atoms with E-state index in [4.69, 9.17) is 16.0 Å². The summed E-state index contributed by atoms with van der Waals surface area (Å²) in [6.07, 6.45) is 3.47. The normalized spacial score (nSPS) is 19.6. The van der Waals surface area contributed by atoms with E-state index in [1.54, 1.807) is 6.07 Å². The fraction of sp³-hybridized carbons (Fsp3) is 0.476. The van der Waals surface area contributed by atoms with Crippen molar-refractivity contribution in [1.29, 1.82) is 0 Å². The van der Waals surface area contributed by atoms with Crippen molar-refractivity contribution < 1.29 is 9.21 Å². The molecule has 2 aliphatic rings. The van der Waals surface area contributed by atoms with Gasteiger partial charge in [-0.1, -0.05) is 11.6 Å². The number of carbonyl (C=O) groups excluding carboxylic acids is 1. The number of imidazole rings is 1. The van der Waals surface area contributed by atoms with Crippen LogP contribution in [0.3, 0.4) is 0 Å². The van der Waals surface area contributed by atoms with Gasteiger partial charge in [0.25, 0.3) is 6.01 Å². The first kappa shape index (κ1) is 18.5. The van der Waals surface area contributed by atoms with Crippen molar-refractivity contribution in [3.63, 3.8) is 0 Å². The van der Waals surface area contributed by atoms with E-state index in [0.29, 0.717) is 35.5 Å². The minimum absolute atomic E-state index is 0.221. The number of nitrogens with one attached hydrogen (secondary N) is 1. The van der Waals surface area contributed by atoms with Gasteiger partial charge in [0, 0.05) is 43.6 Å². The third kappa shape index (κ3) is 3.71. The molecule has 152 valence electrons. The molecular weight excluding hydrogens is 390 g/mol. The number of aryl methyl sites for hydroxylation is 1. The summed E-state index contributed by atoms with van der Waals surface area (Å²) in [6, 6.07) is 6.10. The fourth-order valence-corrected chi connectivity index (χ4v) is 4.61. The van der Waals surface area contributed by atoms with Gasteiger partial charge in [0.15, 0.2) is 5.58 Å². The number of oxazole rings is 1. The molecule has 4 heterocycles. The molecule has 2 aliphatic heterocycles. The summed E-state index contributed by atoms with van der Waals surface area (Å²) in [5.41, 5.74) is 3.69. The summed E-state index contributed by atoms with van der Waals surface area (Å²) in [5, 5.41) is 0.638. The first-order valence-corrected chi connectivity index (χ1v) is 10.6. The van der Waals surface area contributed by atoms with Gasteiger partial charge in [-0.25, -0.2) is 4.98 Å². The van der Waals surface area contributed by atoms with E-state index >= 15 is 0 Å². The number of nitrogens with zero attached hydrogens (tertiary/aromatic N) is 4. The Balaban J connectivity index is 1.24. The van der Waals surface area contributed by atoms with Crippen LogP contribution in [0, 0.1) is 12.8 Å². The van der Waals surface area contributed by atoms with Gasteiger partial charge in [-0.2, -0.15) is 4.98 Å². The highest BCUT2D eigenvalue weighted by atomic mass is 35.5.